The first-order chi connectivity index (χ1) is 8.00. The molecule has 0 saturated carbocycles. The van der Waals surface area contributed by atoms with Crippen molar-refractivity contribution in [2.75, 3.05) is 0 Å². The van der Waals surface area contributed by atoms with Crippen molar-refractivity contribution >= 4 is 0 Å². The molecule has 0 amide bonds. The third-order valence-electron chi connectivity index (χ3n) is 3.29. The Hall–Kier alpha value is -1.61. The van der Waals surface area contributed by atoms with Gasteiger partial charge in [-0.15, -0.1) is 0 Å². The van der Waals surface area contributed by atoms with Crippen LogP contribution in [-0.4, -0.2) is 10.1 Å². The summed E-state index contributed by atoms with van der Waals surface area (Å²) in [6.45, 7) is 5.92. The summed E-state index contributed by atoms with van der Waals surface area (Å²) in [5.41, 5.74) is 4.50. The van der Waals surface area contributed by atoms with Gasteiger partial charge in [-0.05, 0) is 49.6 Å². The van der Waals surface area contributed by atoms with Crippen LogP contribution < -0.4 is 0 Å². The summed E-state index contributed by atoms with van der Waals surface area (Å²) >= 11 is 0. The van der Waals surface area contributed by atoms with E-state index in [0.717, 1.165) is 22.5 Å². The third kappa shape index (κ3) is 2.11. The predicted molar refractivity (Wildman–Crippen MR) is 65.5 cm³/mol. The van der Waals surface area contributed by atoms with Gasteiger partial charge in [0.15, 0.2) is 0 Å². The zero-order valence-corrected chi connectivity index (χ0v) is 10.2. The molecule has 0 aliphatic heterocycles. The monoisotopic (exact) mass is 233 g/mol. The molecule has 1 atom stereocenters. The van der Waals surface area contributed by atoms with E-state index in [1.807, 2.05) is 20.8 Å². The number of aryl methyl sites for hydroxylation is 1. The number of benzene rings is 1. The molecule has 0 spiro atoms. The molecule has 0 fully saturated rings. The lowest BCUT2D eigenvalue weighted by atomic mass is 10.0. The van der Waals surface area contributed by atoms with E-state index < -0.39 is 6.10 Å². The molecular weight excluding hydrogens is 217 g/mol. The third-order valence-corrected chi connectivity index (χ3v) is 3.29. The summed E-state index contributed by atoms with van der Waals surface area (Å²) in [6.07, 6.45) is -0.807. The van der Waals surface area contributed by atoms with Crippen molar-refractivity contribution in [3.8, 4) is 0 Å². The van der Waals surface area contributed by atoms with Gasteiger partial charge in [0.2, 0.25) is 0 Å². The van der Waals surface area contributed by atoms with Crippen molar-refractivity contribution in [2.45, 2.75) is 26.9 Å². The Labute approximate surface area is 100 Å². The Bertz CT molecular complexity index is 545. The first-order valence-corrected chi connectivity index (χ1v) is 5.60. The number of aliphatic hydroxyl groups excluding tert-OH is 1. The lowest BCUT2D eigenvalue weighted by Gasteiger charge is -2.11. The van der Waals surface area contributed by atoms with Gasteiger partial charge in [-0.3, -0.25) is 0 Å². The van der Waals surface area contributed by atoms with Gasteiger partial charge in [0.25, 0.3) is 0 Å². The van der Waals surface area contributed by atoms with E-state index in [-0.39, 0.29) is 5.82 Å². The summed E-state index contributed by atoms with van der Waals surface area (Å²) in [5, 5.41) is 10.2. The number of aromatic amines is 1. The van der Waals surface area contributed by atoms with E-state index in [9.17, 15) is 9.50 Å². The number of aliphatic hydroxyl groups is 1. The van der Waals surface area contributed by atoms with Gasteiger partial charge >= 0.3 is 0 Å². The highest BCUT2D eigenvalue weighted by atomic mass is 19.1. The van der Waals surface area contributed by atoms with E-state index >= 15 is 0 Å². The van der Waals surface area contributed by atoms with Gasteiger partial charge in [0.05, 0.1) is 5.69 Å². The first kappa shape index (κ1) is 11.9. The molecule has 1 heterocycles. The van der Waals surface area contributed by atoms with Crippen molar-refractivity contribution < 1.29 is 9.50 Å². The van der Waals surface area contributed by atoms with E-state index in [2.05, 4.69) is 4.98 Å². The molecule has 2 rings (SSSR count). The van der Waals surface area contributed by atoms with E-state index in [4.69, 9.17) is 0 Å². The van der Waals surface area contributed by atoms with Crippen LogP contribution in [0.4, 0.5) is 4.39 Å². The second kappa shape index (κ2) is 4.34. The van der Waals surface area contributed by atoms with Crippen molar-refractivity contribution in [1.82, 2.24) is 4.98 Å². The van der Waals surface area contributed by atoms with Crippen LogP contribution in [-0.2, 0) is 0 Å². The molecule has 0 radical (unpaired) electrons. The second-order valence-electron chi connectivity index (χ2n) is 4.37. The van der Waals surface area contributed by atoms with Crippen molar-refractivity contribution in [3.05, 3.63) is 58.2 Å². The summed E-state index contributed by atoms with van der Waals surface area (Å²) in [4.78, 5) is 3.16. The maximum atomic E-state index is 13.1. The standard InChI is InChI=1S/C14H16FNO/c1-8-9(2)13(16-10(8)3)14(17)11-5-4-6-12(15)7-11/h4-7,14,16-17H,1-3H3. The highest BCUT2D eigenvalue weighted by molar-refractivity contribution is 5.39. The molecule has 90 valence electrons. The normalized spacial score (nSPS) is 12.8. The Morgan fingerprint density at radius 1 is 1.18 bits per heavy atom. The summed E-state index contributed by atoms with van der Waals surface area (Å²) in [5.74, 6) is -0.334. The molecule has 2 N–H and O–H groups in total. The maximum absolute atomic E-state index is 13.1. The lowest BCUT2D eigenvalue weighted by molar-refractivity contribution is 0.214. The second-order valence-corrected chi connectivity index (χ2v) is 4.37. The fourth-order valence-corrected chi connectivity index (χ4v) is 1.99. The molecule has 1 aromatic heterocycles. The Morgan fingerprint density at radius 2 is 1.88 bits per heavy atom. The summed E-state index contributed by atoms with van der Waals surface area (Å²) < 4.78 is 13.1. The fraction of sp³-hybridized carbons (Fsp3) is 0.286. The maximum Gasteiger partial charge on any atom is 0.123 e. The predicted octanol–water partition coefficient (Wildman–Crippen LogP) is 3.16. The van der Waals surface area contributed by atoms with Gasteiger partial charge in [-0.25, -0.2) is 4.39 Å². The number of rotatable bonds is 2. The number of aromatic nitrogens is 1. The largest absolute Gasteiger partial charge is 0.382 e. The molecule has 0 aliphatic carbocycles. The fourth-order valence-electron chi connectivity index (χ4n) is 1.99. The highest BCUT2D eigenvalue weighted by Crippen LogP contribution is 2.27. The molecule has 1 aromatic carbocycles. The Morgan fingerprint density at radius 3 is 2.41 bits per heavy atom. The summed E-state index contributed by atoms with van der Waals surface area (Å²) in [7, 11) is 0. The van der Waals surface area contributed by atoms with Crippen molar-refractivity contribution in [3.63, 3.8) is 0 Å². The van der Waals surface area contributed by atoms with Crippen LogP contribution in [0.3, 0.4) is 0 Å². The minimum atomic E-state index is -0.807. The smallest absolute Gasteiger partial charge is 0.123 e. The van der Waals surface area contributed by atoms with Gasteiger partial charge in [0, 0.05) is 5.69 Å². The average Bonchev–Trinajstić information content (AvgIpc) is 2.56. The van der Waals surface area contributed by atoms with E-state index in [1.165, 1.54) is 12.1 Å². The van der Waals surface area contributed by atoms with Gasteiger partial charge in [0.1, 0.15) is 11.9 Å². The average molecular weight is 233 g/mol. The molecule has 0 aliphatic rings. The summed E-state index contributed by atoms with van der Waals surface area (Å²) in [6, 6.07) is 6.05. The molecule has 2 nitrogen and oxygen atoms in total. The lowest BCUT2D eigenvalue weighted by Crippen LogP contribution is -2.02. The zero-order chi connectivity index (χ0) is 12.6. The number of hydrogen-bond donors (Lipinski definition) is 2. The zero-order valence-electron chi connectivity index (χ0n) is 10.2. The number of nitrogens with one attached hydrogen (secondary N) is 1. The Balaban J connectivity index is 2.43. The molecule has 17 heavy (non-hydrogen) atoms. The SMILES string of the molecule is Cc1[nH]c(C(O)c2cccc(F)c2)c(C)c1C. The van der Waals surface area contributed by atoms with Crippen LogP contribution in [0.1, 0.15) is 34.2 Å². The minimum Gasteiger partial charge on any atom is -0.382 e. The van der Waals surface area contributed by atoms with Crippen LogP contribution in [0.25, 0.3) is 0 Å². The quantitative estimate of drug-likeness (QED) is 0.821. The van der Waals surface area contributed by atoms with Crippen LogP contribution in [0.5, 0.6) is 0 Å². The van der Waals surface area contributed by atoms with Crippen LogP contribution in [0.15, 0.2) is 24.3 Å². The number of H-pyrrole nitrogens is 1. The van der Waals surface area contributed by atoms with Gasteiger partial charge in [-0.1, -0.05) is 12.1 Å². The van der Waals surface area contributed by atoms with Crippen LogP contribution in [0.2, 0.25) is 0 Å². The molecule has 1 unspecified atom stereocenters. The number of halogens is 1. The molecule has 0 saturated heterocycles. The topological polar surface area (TPSA) is 36.0 Å². The molecule has 3 heteroatoms. The molecule has 2 aromatic rings. The molecular formula is C14H16FNO. The highest BCUT2D eigenvalue weighted by Gasteiger charge is 2.17. The molecule has 0 bridgehead atoms. The first-order valence-electron chi connectivity index (χ1n) is 5.60. The van der Waals surface area contributed by atoms with Crippen molar-refractivity contribution in [2.24, 2.45) is 0 Å². The van der Waals surface area contributed by atoms with Gasteiger partial charge in [-0.2, -0.15) is 0 Å². The van der Waals surface area contributed by atoms with E-state index in [1.54, 1.807) is 12.1 Å². The van der Waals surface area contributed by atoms with Crippen molar-refractivity contribution in [1.29, 1.82) is 0 Å². The van der Waals surface area contributed by atoms with Crippen LogP contribution in [0, 0.1) is 26.6 Å². The van der Waals surface area contributed by atoms with Gasteiger partial charge < -0.3 is 10.1 Å². The number of hydrogen-bond acceptors (Lipinski definition) is 1. The Kier molecular flexibility index (Phi) is 3.03. The van der Waals surface area contributed by atoms with Crippen LogP contribution >= 0.6 is 0 Å². The minimum absolute atomic E-state index is 0.334. The van der Waals surface area contributed by atoms with E-state index in [0.29, 0.717) is 5.56 Å².